The summed E-state index contributed by atoms with van der Waals surface area (Å²) in [6, 6.07) is 7.69. The third kappa shape index (κ3) is 2.50. The van der Waals surface area contributed by atoms with Gasteiger partial charge in [-0.15, -0.1) is 11.3 Å². The van der Waals surface area contributed by atoms with Gasteiger partial charge >= 0.3 is 0 Å². The van der Waals surface area contributed by atoms with Crippen LogP contribution in [0.5, 0.6) is 0 Å². The van der Waals surface area contributed by atoms with Gasteiger partial charge < -0.3 is 15.6 Å². The van der Waals surface area contributed by atoms with Crippen LogP contribution in [0.1, 0.15) is 4.88 Å². The molecule has 0 bridgehead atoms. The maximum atomic E-state index is 6.30. The van der Waals surface area contributed by atoms with Crippen LogP contribution in [0.3, 0.4) is 0 Å². The number of nitrogens with zero attached hydrogens (tertiary/aromatic N) is 2. The molecule has 2 heterocycles. The van der Waals surface area contributed by atoms with E-state index in [4.69, 9.17) is 17.3 Å². The van der Waals surface area contributed by atoms with Gasteiger partial charge in [-0.25, -0.2) is 4.98 Å². The number of halogens is 1. The molecule has 0 unspecified atom stereocenters. The summed E-state index contributed by atoms with van der Waals surface area (Å²) in [6.45, 7) is 0.672. The lowest BCUT2D eigenvalue weighted by molar-refractivity contribution is 1.05. The van der Waals surface area contributed by atoms with Gasteiger partial charge in [0.05, 0.1) is 29.3 Å². The van der Waals surface area contributed by atoms with E-state index in [2.05, 4.69) is 10.3 Å². The summed E-state index contributed by atoms with van der Waals surface area (Å²) in [4.78, 5) is 5.18. The van der Waals surface area contributed by atoms with Crippen molar-refractivity contribution in [3.8, 4) is 5.69 Å². The molecule has 0 aliphatic heterocycles. The quantitative estimate of drug-likeness (QED) is 0.771. The SMILES string of the molecule is Nc1ccsc1CNc1cccc(Cl)c1-n1ccnc1. The largest absolute Gasteiger partial charge is 0.398 e. The molecule has 1 aromatic carbocycles. The number of nitrogens with two attached hydrogens (primary N) is 1. The van der Waals surface area contributed by atoms with Crippen LogP contribution in [-0.2, 0) is 6.54 Å². The maximum absolute atomic E-state index is 6.30. The smallest absolute Gasteiger partial charge is 0.0992 e. The summed E-state index contributed by atoms with van der Waals surface area (Å²) in [5.41, 5.74) is 8.55. The molecule has 0 spiro atoms. The van der Waals surface area contributed by atoms with Crippen molar-refractivity contribution >= 4 is 34.3 Å². The maximum Gasteiger partial charge on any atom is 0.0992 e. The predicted molar refractivity (Wildman–Crippen MR) is 84.6 cm³/mol. The van der Waals surface area contributed by atoms with Gasteiger partial charge in [0.2, 0.25) is 0 Å². The van der Waals surface area contributed by atoms with Crippen LogP contribution in [-0.4, -0.2) is 9.55 Å². The van der Waals surface area contributed by atoms with Crippen LogP contribution in [0.2, 0.25) is 5.02 Å². The van der Waals surface area contributed by atoms with E-state index in [0.717, 1.165) is 21.9 Å². The van der Waals surface area contributed by atoms with Gasteiger partial charge in [0.1, 0.15) is 0 Å². The molecule has 102 valence electrons. The Bertz CT molecular complexity index is 706. The highest BCUT2D eigenvalue weighted by molar-refractivity contribution is 7.10. The van der Waals surface area contributed by atoms with Crippen LogP contribution in [0.15, 0.2) is 48.4 Å². The Morgan fingerprint density at radius 2 is 2.25 bits per heavy atom. The van der Waals surface area contributed by atoms with Crippen LogP contribution >= 0.6 is 22.9 Å². The fraction of sp³-hybridized carbons (Fsp3) is 0.0714. The van der Waals surface area contributed by atoms with Crippen molar-refractivity contribution in [1.29, 1.82) is 0 Å². The van der Waals surface area contributed by atoms with Gasteiger partial charge in [-0.1, -0.05) is 17.7 Å². The molecule has 3 aromatic rings. The number of benzene rings is 1. The average molecular weight is 305 g/mol. The molecule has 0 aliphatic carbocycles. The molecule has 20 heavy (non-hydrogen) atoms. The lowest BCUT2D eigenvalue weighted by Gasteiger charge is -2.14. The average Bonchev–Trinajstić information content (AvgIpc) is 3.08. The number of imidazole rings is 1. The Hall–Kier alpha value is -1.98. The second-order valence-electron chi connectivity index (χ2n) is 4.26. The number of hydrogen-bond donors (Lipinski definition) is 2. The van der Waals surface area contributed by atoms with E-state index in [9.17, 15) is 0 Å². The van der Waals surface area contributed by atoms with Crippen LogP contribution < -0.4 is 11.1 Å². The van der Waals surface area contributed by atoms with E-state index in [-0.39, 0.29) is 0 Å². The van der Waals surface area contributed by atoms with Crippen molar-refractivity contribution in [3.05, 3.63) is 58.3 Å². The zero-order valence-electron chi connectivity index (χ0n) is 10.6. The van der Waals surface area contributed by atoms with Crippen molar-refractivity contribution < 1.29 is 0 Å². The van der Waals surface area contributed by atoms with Gasteiger partial charge in [0, 0.05) is 23.0 Å². The first kappa shape index (κ1) is 13.0. The van der Waals surface area contributed by atoms with Crippen LogP contribution in [0, 0.1) is 0 Å². The fourth-order valence-corrected chi connectivity index (χ4v) is 2.99. The number of nitrogen functional groups attached to an aromatic ring is 1. The first-order valence-electron chi connectivity index (χ1n) is 6.08. The van der Waals surface area contributed by atoms with Gasteiger partial charge in [0.25, 0.3) is 0 Å². The normalized spacial score (nSPS) is 10.7. The van der Waals surface area contributed by atoms with E-state index in [1.807, 2.05) is 40.4 Å². The van der Waals surface area contributed by atoms with E-state index in [0.29, 0.717) is 11.6 Å². The summed E-state index contributed by atoms with van der Waals surface area (Å²) in [5, 5.41) is 6.04. The highest BCUT2D eigenvalue weighted by atomic mass is 35.5. The van der Waals surface area contributed by atoms with Gasteiger partial charge in [0.15, 0.2) is 0 Å². The lowest BCUT2D eigenvalue weighted by Crippen LogP contribution is -2.04. The van der Waals surface area contributed by atoms with E-state index >= 15 is 0 Å². The first-order valence-corrected chi connectivity index (χ1v) is 7.34. The zero-order valence-corrected chi connectivity index (χ0v) is 12.2. The third-order valence-electron chi connectivity index (χ3n) is 2.97. The summed E-state index contributed by atoms with van der Waals surface area (Å²) >= 11 is 7.94. The molecule has 0 fully saturated rings. The monoisotopic (exact) mass is 304 g/mol. The summed E-state index contributed by atoms with van der Waals surface area (Å²) < 4.78 is 1.89. The Morgan fingerprint density at radius 1 is 1.35 bits per heavy atom. The third-order valence-corrected chi connectivity index (χ3v) is 4.21. The van der Waals surface area contributed by atoms with Gasteiger partial charge in [-0.2, -0.15) is 0 Å². The molecule has 6 heteroatoms. The molecule has 0 radical (unpaired) electrons. The van der Waals surface area contributed by atoms with Crippen LogP contribution in [0.25, 0.3) is 5.69 Å². The number of anilines is 2. The molecular weight excluding hydrogens is 292 g/mol. The minimum atomic E-state index is 0.672. The van der Waals surface area contributed by atoms with E-state index in [1.165, 1.54) is 0 Å². The number of aromatic nitrogens is 2. The molecule has 4 nitrogen and oxygen atoms in total. The Kier molecular flexibility index (Phi) is 3.62. The van der Waals surface area contributed by atoms with Crippen molar-refractivity contribution in [3.63, 3.8) is 0 Å². The Morgan fingerprint density at radius 3 is 2.95 bits per heavy atom. The number of rotatable bonds is 4. The Labute approximate surface area is 125 Å². The van der Waals surface area contributed by atoms with Crippen molar-refractivity contribution in [2.45, 2.75) is 6.54 Å². The molecule has 0 atom stereocenters. The molecule has 2 aromatic heterocycles. The summed E-state index contributed by atoms with van der Waals surface area (Å²) in [7, 11) is 0. The van der Waals surface area contributed by atoms with E-state index < -0.39 is 0 Å². The summed E-state index contributed by atoms with van der Waals surface area (Å²) in [5.74, 6) is 0. The second kappa shape index (κ2) is 5.56. The van der Waals surface area contributed by atoms with Gasteiger partial charge in [-0.05, 0) is 23.6 Å². The van der Waals surface area contributed by atoms with Crippen molar-refractivity contribution in [1.82, 2.24) is 9.55 Å². The number of hydrogen-bond acceptors (Lipinski definition) is 4. The molecule has 0 amide bonds. The molecule has 0 aliphatic rings. The molecule has 0 saturated carbocycles. The number of para-hydroxylation sites is 1. The molecule has 3 rings (SSSR count). The van der Waals surface area contributed by atoms with Crippen LogP contribution in [0.4, 0.5) is 11.4 Å². The Balaban J connectivity index is 1.90. The van der Waals surface area contributed by atoms with Crippen molar-refractivity contribution in [2.24, 2.45) is 0 Å². The van der Waals surface area contributed by atoms with Crippen molar-refractivity contribution in [2.75, 3.05) is 11.1 Å². The van der Waals surface area contributed by atoms with Gasteiger partial charge in [-0.3, -0.25) is 0 Å². The molecular formula is C14H13ClN4S. The lowest BCUT2D eigenvalue weighted by atomic mass is 10.2. The van der Waals surface area contributed by atoms with E-state index in [1.54, 1.807) is 23.9 Å². The minimum absolute atomic E-state index is 0.672. The predicted octanol–water partition coefficient (Wildman–Crippen LogP) is 3.78. The fourth-order valence-electron chi connectivity index (χ4n) is 1.98. The molecule has 3 N–H and O–H groups in total. The molecule has 0 saturated heterocycles. The number of thiophene rings is 1. The summed E-state index contributed by atoms with van der Waals surface area (Å²) in [6.07, 6.45) is 5.32. The standard InChI is InChI=1S/C14H13ClN4S/c15-10-2-1-3-12(14(10)19-6-5-17-9-19)18-8-13-11(16)4-7-20-13/h1-7,9,18H,8,16H2. The number of nitrogens with one attached hydrogen (secondary N) is 1. The highest BCUT2D eigenvalue weighted by Gasteiger charge is 2.09. The second-order valence-corrected chi connectivity index (χ2v) is 5.67. The minimum Gasteiger partial charge on any atom is -0.398 e. The highest BCUT2D eigenvalue weighted by Crippen LogP contribution is 2.29. The topological polar surface area (TPSA) is 55.9 Å². The first-order chi connectivity index (χ1) is 9.75. The zero-order chi connectivity index (χ0) is 13.9.